The Morgan fingerprint density at radius 2 is 1.89 bits per heavy atom. The second kappa shape index (κ2) is 8.56. The van der Waals surface area contributed by atoms with E-state index in [1.54, 1.807) is 24.3 Å². The van der Waals surface area contributed by atoms with Gasteiger partial charge in [0.05, 0.1) is 12.7 Å². The van der Waals surface area contributed by atoms with Crippen LogP contribution in [0.2, 0.25) is 0 Å². The number of halogens is 1. The van der Waals surface area contributed by atoms with E-state index >= 15 is 0 Å². The van der Waals surface area contributed by atoms with E-state index in [9.17, 15) is 9.59 Å². The SMILES string of the molecule is COC(=O)c1ccc(/C=C(\CBr)C(=O)O)cc1.[Y]. The van der Waals surface area contributed by atoms with Gasteiger partial charge in [0.2, 0.25) is 0 Å². The number of hydrogen-bond acceptors (Lipinski definition) is 3. The van der Waals surface area contributed by atoms with Crippen LogP contribution in [0.15, 0.2) is 29.8 Å². The number of methoxy groups -OCH3 is 1. The summed E-state index contributed by atoms with van der Waals surface area (Å²) in [5, 5.41) is 9.11. The average molecular weight is 388 g/mol. The Bertz CT molecular complexity index is 454. The summed E-state index contributed by atoms with van der Waals surface area (Å²) in [6, 6.07) is 6.51. The summed E-state index contributed by atoms with van der Waals surface area (Å²) < 4.78 is 4.56. The van der Waals surface area contributed by atoms with E-state index in [4.69, 9.17) is 5.11 Å². The molecule has 18 heavy (non-hydrogen) atoms. The Hall–Kier alpha value is -0.516. The maximum absolute atomic E-state index is 11.2. The number of carboxylic acid groups (broad SMARTS) is 1. The molecule has 0 saturated carbocycles. The predicted octanol–water partition coefficient (Wildman–Crippen LogP) is 2.33. The molecule has 1 N–H and O–H groups in total. The molecule has 0 heterocycles. The van der Waals surface area contributed by atoms with E-state index in [1.165, 1.54) is 13.2 Å². The maximum atomic E-state index is 11.2. The van der Waals surface area contributed by atoms with Gasteiger partial charge in [0.15, 0.2) is 0 Å². The van der Waals surface area contributed by atoms with E-state index in [0.717, 1.165) is 5.56 Å². The zero-order chi connectivity index (χ0) is 12.8. The molecule has 0 aliphatic heterocycles. The summed E-state index contributed by atoms with van der Waals surface area (Å²) in [5.41, 5.74) is 1.39. The number of benzene rings is 1. The van der Waals surface area contributed by atoms with Crippen molar-refractivity contribution in [3.05, 3.63) is 41.0 Å². The molecular weight excluding hydrogens is 377 g/mol. The van der Waals surface area contributed by atoms with Crippen LogP contribution in [0.4, 0.5) is 0 Å². The van der Waals surface area contributed by atoms with Gasteiger partial charge in [-0.3, -0.25) is 0 Å². The van der Waals surface area contributed by atoms with Crippen molar-refractivity contribution in [3.63, 3.8) is 0 Å². The van der Waals surface area contributed by atoms with Gasteiger partial charge in [0, 0.05) is 43.6 Å². The summed E-state index contributed by atoms with van der Waals surface area (Å²) in [7, 11) is 1.31. The van der Waals surface area contributed by atoms with Gasteiger partial charge in [-0.2, -0.15) is 0 Å². The molecule has 0 atom stereocenters. The molecule has 1 rings (SSSR count). The van der Waals surface area contributed by atoms with Crippen LogP contribution in [-0.2, 0) is 42.2 Å². The van der Waals surface area contributed by atoms with Gasteiger partial charge in [-0.05, 0) is 23.8 Å². The molecule has 0 aliphatic carbocycles. The molecule has 93 valence electrons. The van der Waals surface area contributed by atoms with Crippen LogP contribution in [0.1, 0.15) is 15.9 Å². The minimum atomic E-state index is -0.973. The number of carbonyl (C=O) groups is 2. The first-order valence-electron chi connectivity index (χ1n) is 4.76. The third-order valence-electron chi connectivity index (χ3n) is 2.09. The molecule has 1 aromatic carbocycles. The topological polar surface area (TPSA) is 63.6 Å². The molecule has 0 aliphatic rings. The Labute approximate surface area is 138 Å². The van der Waals surface area contributed by atoms with Gasteiger partial charge < -0.3 is 9.84 Å². The zero-order valence-electron chi connectivity index (χ0n) is 9.72. The average Bonchev–Trinajstić information content (AvgIpc) is 2.35. The van der Waals surface area contributed by atoms with Gasteiger partial charge in [-0.1, -0.05) is 28.1 Å². The Kier molecular flexibility index (Phi) is 8.32. The number of aliphatic carboxylic acids is 1. The van der Waals surface area contributed by atoms with Gasteiger partial charge in [0.25, 0.3) is 0 Å². The van der Waals surface area contributed by atoms with Crippen LogP contribution in [0.25, 0.3) is 6.08 Å². The molecule has 0 amide bonds. The Morgan fingerprint density at radius 1 is 1.33 bits per heavy atom. The van der Waals surface area contributed by atoms with Crippen molar-refractivity contribution in [2.75, 3.05) is 12.4 Å². The third-order valence-corrected chi connectivity index (χ3v) is 2.70. The summed E-state index contributed by atoms with van der Waals surface area (Å²) in [5.74, 6) is -1.39. The van der Waals surface area contributed by atoms with E-state index in [1.807, 2.05) is 0 Å². The number of ether oxygens (including phenoxy) is 1. The second-order valence-electron chi connectivity index (χ2n) is 3.22. The van der Waals surface area contributed by atoms with E-state index < -0.39 is 11.9 Å². The smallest absolute Gasteiger partial charge is 0.337 e. The molecule has 0 unspecified atom stereocenters. The quantitative estimate of drug-likeness (QED) is 0.489. The molecule has 1 aromatic rings. The summed E-state index contributed by atoms with van der Waals surface area (Å²) in [4.78, 5) is 22.0. The molecule has 0 aromatic heterocycles. The van der Waals surface area contributed by atoms with Gasteiger partial charge in [-0.25, -0.2) is 9.59 Å². The van der Waals surface area contributed by atoms with Crippen LogP contribution >= 0.6 is 15.9 Å². The van der Waals surface area contributed by atoms with E-state index in [2.05, 4.69) is 20.7 Å². The van der Waals surface area contributed by atoms with Crippen LogP contribution < -0.4 is 0 Å². The van der Waals surface area contributed by atoms with Crippen molar-refractivity contribution in [2.45, 2.75) is 0 Å². The van der Waals surface area contributed by atoms with E-state index in [0.29, 0.717) is 5.56 Å². The van der Waals surface area contributed by atoms with Crippen molar-refractivity contribution >= 4 is 33.9 Å². The Morgan fingerprint density at radius 3 is 2.28 bits per heavy atom. The minimum Gasteiger partial charge on any atom is -0.478 e. The standard InChI is InChI=1S/C12H11BrO4.Y/c1-17-12(16)9-4-2-8(3-5-9)6-10(7-13)11(14)15;/h2-6H,7H2,1H3,(H,14,15);/b10-6+;. The van der Waals surface area contributed by atoms with Crippen LogP contribution in [0, 0.1) is 0 Å². The molecular formula is C12H11BrO4Y. The fourth-order valence-electron chi connectivity index (χ4n) is 1.19. The van der Waals surface area contributed by atoms with Gasteiger partial charge in [0.1, 0.15) is 0 Å². The van der Waals surface area contributed by atoms with E-state index in [-0.39, 0.29) is 43.6 Å². The first kappa shape index (κ1) is 17.5. The third kappa shape index (κ3) is 5.00. The fraction of sp³-hybridized carbons (Fsp3) is 0.167. The predicted molar refractivity (Wildman–Crippen MR) is 67.2 cm³/mol. The number of carboxylic acids is 1. The van der Waals surface area contributed by atoms with Crippen molar-refractivity contribution in [1.82, 2.24) is 0 Å². The second-order valence-corrected chi connectivity index (χ2v) is 3.78. The molecule has 0 saturated heterocycles. The van der Waals surface area contributed by atoms with Crippen molar-refractivity contribution in [1.29, 1.82) is 0 Å². The maximum Gasteiger partial charge on any atom is 0.337 e. The van der Waals surface area contributed by atoms with Crippen molar-refractivity contribution in [3.8, 4) is 0 Å². The first-order chi connectivity index (χ1) is 8.08. The van der Waals surface area contributed by atoms with Crippen LogP contribution in [-0.4, -0.2) is 29.5 Å². The zero-order valence-corrected chi connectivity index (χ0v) is 14.1. The number of esters is 1. The van der Waals surface area contributed by atoms with Crippen LogP contribution in [0.3, 0.4) is 0 Å². The molecule has 0 spiro atoms. The van der Waals surface area contributed by atoms with Crippen LogP contribution in [0.5, 0.6) is 0 Å². The number of carbonyl (C=O) groups excluding carboxylic acids is 1. The van der Waals surface area contributed by atoms with Crippen molar-refractivity contribution in [2.24, 2.45) is 0 Å². The Balaban J connectivity index is 0.00000289. The van der Waals surface area contributed by atoms with Gasteiger partial charge >= 0.3 is 11.9 Å². The van der Waals surface area contributed by atoms with Gasteiger partial charge in [-0.15, -0.1) is 0 Å². The monoisotopic (exact) mass is 387 g/mol. The summed E-state index contributed by atoms with van der Waals surface area (Å²) in [6.45, 7) is 0. The number of hydrogen-bond donors (Lipinski definition) is 1. The first-order valence-corrected chi connectivity index (χ1v) is 5.89. The molecule has 0 bridgehead atoms. The normalized spacial score (nSPS) is 10.4. The summed E-state index contributed by atoms with van der Waals surface area (Å²) in [6.07, 6.45) is 1.54. The largest absolute Gasteiger partial charge is 0.478 e. The number of rotatable bonds is 4. The molecule has 0 fully saturated rings. The summed E-state index contributed by atoms with van der Waals surface area (Å²) >= 11 is 3.10. The molecule has 4 nitrogen and oxygen atoms in total. The molecule has 6 heteroatoms. The molecule has 1 radical (unpaired) electrons. The minimum absolute atomic E-state index is 0. The fourth-order valence-corrected chi connectivity index (χ4v) is 1.59. The van der Waals surface area contributed by atoms with Crippen molar-refractivity contribution < 1.29 is 52.1 Å². The number of alkyl halides is 1.